The van der Waals surface area contributed by atoms with Crippen molar-refractivity contribution in [3.8, 4) is 0 Å². The van der Waals surface area contributed by atoms with Crippen LogP contribution >= 0.6 is 22.9 Å². The van der Waals surface area contributed by atoms with Gasteiger partial charge in [-0.15, -0.1) is 11.3 Å². The van der Waals surface area contributed by atoms with Gasteiger partial charge in [-0.25, -0.2) is 0 Å². The van der Waals surface area contributed by atoms with Crippen molar-refractivity contribution in [1.29, 1.82) is 0 Å². The lowest BCUT2D eigenvalue weighted by atomic mass is 10.2. The zero-order valence-electron chi connectivity index (χ0n) is 13.2. The summed E-state index contributed by atoms with van der Waals surface area (Å²) in [7, 11) is 0. The number of hydrogen-bond acceptors (Lipinski definition) is 5. The molecule has 0 aliphatic carbocycles. The van der Waals surface area contributed by atoms with E-state index in [4.69, 9.17) is 11.6 Å². The summed E-state index contributed by atoms with van der Waals surface area (Å²) in [6, 6.07) is 1.85. The quantitative estimate of drug-likeness (QED) is 0.831. The molecule has 1 fully saturated rings. The molecular weight excluding hydrogens is 348 g/mol. The molecule has 1 aliphatic rings. The summed E-state index contributed by atoms with van der Waals surface area (Å²) >= 11 is 7.64. The largest absolute Gasteiger partial charge is 0.367 e. The van der Waals surface area contributed by atoms with Crippen LogP contribution in [-0.2, 0) is 9.59 Å². The Balaban J connectivity index is 1.58. The average molecular weight is 365 g/mol. The minimum atomic E-state index is -0.591. The second-order valence-corrected chi connectivity index (χ2v) is 6.68. The van der Waals surface area contributed by atoms with Gasteiger partial charge in [0.15, 0.2) is 0 Å². The summed E-state index contributed by atoms with van der Waals surface area (Å²) in [6.07, 6.45) is 3.29. The van der Waals surface area contributed by atoms with Gasteiger partial charge in [-0.05, 0) is 23.9 Å². The Hall–Kier alpha value is -2.12. The van der Waals surface area contributed by atoms with E-state index in [1.165, 1.54) is 11.3 Å². The van der Waals surface area contributed by atoms with E-state index in [2.05, 4.69) is 15.2 Å². The van der Waals surface area contributed by atoms with Gasteiger partial charge in [0, 0.05) is 44.0 Å². The number of thiophene rings is 1. The summed E-state index contributed by atoms with van der Waals surface area (Å²) in [6.45, 7) is 4.11. The van der Waals surface area contributed by atoms with Crippen LogP contribution in [0.25, 0.3) is 0 Å². The number of hydrogen-bond donors (Lipinski definition) is 1. The molecule has 1 N–H and O–H groups in total. The Morgan fingerprint density at radius 3 is 2.62 bits per heavy atom. The van der Waals surface area contributed by atoms with Gasteiger partial charge in [0.25, 0.3) is 0 Å². The van der Waals surface area contributed by atoms with Crippen LogP contribution in [0.3, 0.4) is 0 Å². The normalized spacial score (nSPS) is 14.6. The Morgan fingerprint density at radius 1 is 1.25 bits per heavy atom. The first-order valence-electron chi connectivity index (χ1n) is 7.54. The SMILES string of the molecule is Cc1cscc1NC(=O)C(=O)N1CCN(c2ccncc2Cl)CC1. The second kappa shape index (κ2) is 7.19. The van der Waals surface area contributed by atoms with Crippen molar-refractivity contribution in [2.45, 2.75) is 6.92 Å². The molecule has 0 saturated carbocycles. The van der Waals surface area contributed by atoms with Gasteiger partial charge in [-0.1, -0.05) is 11.6 Å². The number of carbonyl (C=O) groups excluding carboxylic acids is 2. The molecule has 2 aromatic heterocycles. The first-order chi connectivity index (χ1) is 11.6. The van der Waals surface area contributed by atoms with Gasteiger partial charge < -0.3 is 15.1 Å². The summed E-state index contributed by atoms with van der Waals surface area (Å²) in [5.74, 6) is -1.09. The highest BCUT2D eigenvalue weighted by Gasteiger charge is 2.27. The maximum atomic E-state index is 12.3. The number of anilines is 2. The van der Waals surface area contributed by atoms with Crippen LogP contribution in [0.5, 0.6) is 0 Å². The van der Waals surface area contributed by atoms with Crippen LogP contribution in [0.2, 0.25) is 5.02 Å². The van der Waals surface area contributed by atoms with Gasteiger partial charge in [-0.3, -0.25) is 14.6 Å². The van der Waals surface area contributed by atoms with Gasteiger partial charge >= 0.3 is 11.8 Å². The van der Waals surface area contributed by atoms with Gasteiger partial charge in [0.05, 0.1) is 16.4 Å². The van der Waals surface area contributed by atoms with E-state index in [1.807, 2.05) is 23.8 Å². The Labute approximate surface area is 149 Å². The number of rotatable bonds is 2. The first-order valence-corrected chi connectivity index (χ1v) is 8.86. The molecule has 0 atom stereocenters. The molecule has 0 bridgehead atoms. The van der Waals surface area contributed by atoms with Crippen molar-refractivity contribution in [1.82, 2.24) is 9.88 Å². The van der Waals surface area contributed by atoms with Gasteiger partial charge in [0.2, 0.25) is 0 Å². The van der Waals surface area contributed by atoms with Gasteiger partial charge in [0.1, 0.15) is 0 Å². The molecular formula is C16H17ClN4O2S. The number of piperazine rings is 1. The summed E-state index contributed by atoms with van der Waals surface area (Å²) < 4.78 is 0. The van der Waals surface area contributed by atoms with Crippen molar-refractivity contribution in [2.24, 2.45) is 0 Å². The van der Waals surface area contributed by atoms with E-state index in [0.29, 0.717) is 36.9 Å². The smallest absolute Gasteiger partial charge is 0.313 e. The molecule has 3 heterocycles. The minimum absolute atomic E-state index is 0.480. The van der Waals surface area contributed by atoms with Crippen LogP contribution in [0.1, 0.15) is 5.56 Å². The van der Waals surface area contributed by atoms with E-state index >= 15 is 0 Å². The number of pyridine rings is 1. The zero-order chi connectivity index (χ0) is 17.1. The number of carbonyl (C=O) groups is 2. The predicted molar refractivity (Wildman–Crippen MR) is 95.7 cm³/mol. The van der Waals surface area contributed by atoms with Crippen molar-refractivity contribution >= 4 is 46.1 Å². The maximum Gasteiger partial charge on any atom is 0.313 e. The van der Waals surface area contributed by atoms with Crippen LogP contribution in [-0.4, -0.2) is 47.9 Å². The van der Waals surface area contributed by atoms with Gasteiger partial charge in [-0.2, -0.15) is 0 Å². The molecule has 126 valence electrons. The fraction of sp³-hybridized carbons (Fsp3) is 0.312. The molecule has 3 rings (SSSR count). The molecule has 8 heteroatoms. The van der Waals surface area contributed by atoms with Crippen molar-refractivity contribution in [3.63, 3.8) is 0 Å². The molecule has 0 radical (unpaired) electrons. The third-order valence-electron chi connectivity index (χ3n) is 3.96. The van der Waals surface area contributed by atoms with Crippen LogP contribution < -0.4 is 10.2 Å². The fourth-order valence-corrected chi connectivity index (χ4v) is 3.60. The Bertz CT molecular complexity index is 756. The Morgan fingerprint density at radius 2 is 2.00 bits per heavy atom. The van der Waals surface area contributed by atoms with Crippen LogP contribution in [0.4, 0.5) is 11.4 Å². The molecule has 2 amide bonds. The first kappa shape index (κ1) is 16.7. The lowest BCUT2D eigenvalue weighted by Crippen LogP contribution is -2.51. The topological polar surface area (TPSA) is 65.5 Å². The standard InChI is InChI=1S/C16H17ClN4O2S/c1-11-9-24-10-13(11)19-15(22)16(23)21-6-4-20(5-7-21)14-2-3-18-8-12(14)17/h2-3,8-10H,4-7H2,1H3,(H,19,22). The van der Waals surface area contributed by atoms with E-state index in [-0.39, 0.29) is 0 Å². The highest BCUT2D eigenvalue weighted by atomic mass is 35.5. The number of nitrogens with one attached hydrogen (secondary N) is 1. The number of aryl methyl sites for hydroxylation is 1. The molecule has 0 spiro atoms. The molecule has 24 heavy (non-hydrogen) atoms. The monoisotopic (exact) mass is 364 g/mol. The van der Waals surface area contributed by atoms with Crippen molar-refractivity contribution in [3.05, 3.63) is 39.8 Å². The summed E-state index contributed by atoms with van der Waals surface area (Å²) in [5, 5.41) is 7.01. The van der Waals surface area contributed by atoms with E-state index in [1.54, 1.807) is 17.3 Å². The molecule has 1 aliphatic heterocycles. The fourth-order valence-electron chi connectivity index (χ4n) is 2.58. The Kier molecular flexibility index (Phi) is 5.01. The third-order valence-corrected chi connectivity index (χ3v) is 5.11. The molecule has 1 saturated heterocycles. The van der Waals surface area contributed by atoms with Crippen molar-refractivity contribution in [2.75, 3.05) is 36.4 Å². The number of halogens is 1. The highest BCUT2D eigenvalue weighted by molar-refractivity contribution is 7.08. The van der Waals surface area contributed by atoms with Crippen LogP contribution in [0.15, 0.2) is 29.2 Å². The van der Waals surface area contributed by atoms with E-state index < -0.39 is 11.8 Å². The highest BCUT2D eigenvalue weighted by Crippen LogP contribution is 2.25. The maximum absolute atomic E-state index is 12.3. The van der Waals surface area contributed by atoms with E-state index in [0.717, 1.165) is 11.3 Å². The second-order valence-electron chi connectivity index (χ2n) is 5.53. The average Bonchev–Trinajstić information content (AvgIpc) is 3.00. The van der Waals surface area contributed by atoms with Crippen LogP contribution in [0, 0.1) is 6.92 Å². The van der Waals surface area contributed by atoms with E-state index in [9.17, 15) is 9.59 Å². The lowest BCUT2D eigenvalue weighted by Gasteiger charge is -2.36. The molecule has 6 nitrogen and oxygen atoms in total. The molecule has 0 unspecified atom stereocenters. The third kappa shape index (κ3) is 3.52. The molecule has 0 aromatic carbocycles. The number of amides is 2. The summed E-state index contributed by atoms with van der Waals surface area (Å²) in [4.78, 5) is 32.1. The predicted octanol–water partition coefficient (Wildman–Crippen LogP) is 2.39. The molecule has 2 aromatic rings. The van der Waals surface area contributed by atoms with Crippen molar-refractivity contribution < 1.29 is 9.59 Å². The number of nitrogens with zero attached hydrogens (tertiary/aromatic N) is 3. The summed E-state index contributed by atoms with van der Waals surface area (Å²) in [5.41, 5.74) is 2.55. The number of aromatic nitrogens is 1. The zero-order valence-corrected chi connectivity index (χ0v) is 14.7. The lowest BCUT2D eigenvalue weighted by molar-refractivity contribution is -0.143. The minimum Gasteiger partial charge on any atom is -0.367 e.